The fourth-order valence-corrected chi connectivity index (χ4v) is 2.75. The Hall–Kier alpha value is -0.450. The standard InChI is InChI=1S/C11H19N3S/c1-3-12-10-4-5-14(6-10)7-11-8-15-9(2)13-11/h8,10,12H,3-7H2,1-2H3. The number of rotatable bonds is 4. The van der Waals surface area contributed by atoms with Gasteiger partial charge in [-0.2, -0.15) is 0 Å². The van der Waals surface area contributed by atoms with E-state index >= 15 is 0 Å². The van der Waals surface area contributed by atoms with E-state index < -0.39 is 0 Å². The molecule has 0 radical (unpaired) electrons. The highest BCUT2D eigenvalue weighted by atomic mass is 32.1. The van der Waals surface area contributed by atoms with Crippen molar-refractivity contribution in [1.29, 1.82) is 0 Å². The van der Waals surface area contributed by atoms with Gasteiger partial charge in [-0.3, -0.25) is 4.90 Å². The van der Waals surface area contributed by atoms with E-state index in [0.717, 1.165) is 13.1 Å². The Morgan fingerprint density at radius 3 is 3.20 bits per heavy atom. The van der Waals surface area contributed by atoms with Crippen molar-refractivity contribution in [3.05, 3.63) is 16.1 Å². The molecule has 0 aliphatic carbocycles. The predicted molar refractivity (Wildman–Crippen MR) is 64.2 cm³/mol. The lowest BCUT2D eigenvalue weighted by molar-refractivity contribution is 0.317. The van der Waals surface area contributed by atoms with Gasteiger partial charge in [0.2, 0.25) is 0 Å². The van der Waals surface area contributed by atoms with Gasteiger partial charge in [-0.05, 0) is 19.9 Å². The SMILES string of the molecule is CCNC1CCN(Cc2csc(C)n2)C1. The van der Waals surface area contributed by atoms with Crippen molar-refractivity contribution in [2.75, 3.05) is 19.6 Å². The van der Waals surface area contributed by atoms with Crippen LogP contribution in [-0.2, 0) is 6.54 Å². The topological polar surface area (TPSA) is 28.2 Å². The molecule has 2 heterocycles. The average Bonchev–Trinajstić information content (AvgIpc) is 2.78. The molecule has 15 heavy (non-hydrogen) atoms. The number of nitrogens with one attached hydrogen (secondary N) is 1. The van der Waals surface area contributed by atoms with Crippen molar-refractivity contribution in [1.82, 2.24) is 15.2 Å². The van der Waals surface area contributed by atoms with Gasteiger partial charge in [-0.25, -0.2) is 4.98 Å². The molecule has 0 aromatic carbocycles. The quantitative estimate of drug-likeness (QED) is 0.844. The fourth-order valence-electron chi connectivity index (χ4n) is 2.14. The maximum absolute atomic E-state index is 4.50. The van der Waals surface area contributed by atoms with Crippen LogP contribution in [0.25, 0.3) is 0 Å². The molecule has 1 atom stereocenters. The molecule has 1 aliphatic rings. The number of hydrogen-bond acceptors (Lipinski definition) is 4. The van der Waals surface area contributed by atoms with Gasteiger partial charge < -0.3 is 5.32 Å². The van der Waals surface area contributed by atoms with Gasteiger partial charge in [0.05, 0.1) is 10.7 Å². The van der Waals surface area contributed by atoms with E-state index in [9.17, 15) is 0 Å². The molecule has 1 unspecified atom stereocenters. The summed E-state index contributed by atoms with van der Waals surface area (Å²) in [6.07, 6.45) is 1.27. The Bertz CT molecular complexity index is 311. The van der Waals surface area contributed by atoms with Crippen LogP contribution in [0, 0.1) is 6.92 Å². The molecule has 0 amide bonds. The minimum absolute atomic E-state index is 0.690. The molecule has 84 valence electrons. The Balaban J connectivity index is 1.82. The van der Waals surface area contributed by atoms with Gasteiger partial charge in [-0.15, -0.1) is 11.3 Å². The lowest BCUT2D eigenvalue weighted by Crippen LogP contribution is -2.32. The maximum atomic E-state index is 4.50. The highest BCUT2D eigenvalue weighted by Crippen LogP contribution is 2.15. The molecule has 1 fully saturated rings. The normalized spacial score (nSPS) is 22.4. The average molecular weight is 225 g/mol. The molecule has 1 N–H and O–H groups in total. The van der Waals surface area contributed by atoms with Crippen molar-refractivity contribution >= 4 is 11.3 Å². The Morgan fingerprint density at radius 1 is 1.67 bits per heavy atom. The summed E-state index contributed by atoms with van der Waals surface area (Å²) in [5.74, 6) is 0. The number of aromatic nitrogens is 1. The second-order valence-corrected chi connectivity index (χ2v) is 5.20. The molecule has 2 rings (SSSR count). The van der Waals surface area contributed by atoms with Gasteiger partial charge in [0, 0.05) is 31.1 Å². The lowest BCUT2D eigenvalue weighted by Gasteiger charge is -2.14. The van der Waals surface area contributed by atoms with Crippen molar-refractivity contribution in [3.63, 3.8) is 0 Å². The van der Waals surface area contributed by atoms with Gasteiger partial charge in [0.15, 0.2) is 0 Å². The minimum atomic E-state index is 0.690. The number of nitrogens with zero attached hydrogens (tertiary/aromatic N) is 2. The predicted octanol–water partition coefficient (Wildman–Crippen LogP) is 1.64. The fraction of sp³-hybridized carbons (Fsp3) is 0.727. The van der Waals surface area contributed by atoms with Crippen LogP contribution in [0.5, 0.6) is 0 Å². The largest absolute Gasteiger partial charge is 0.313 e. The summed E-state index contributed by atoms with van der Waals surface area (Å²) in [5, 5.41) is 6.86. The van der Waals surface area contributed by atoms with E-state index in [-0.39, 0.29) is 0 Å². The molecular weight excluding hydrogens is 206 g/mol. The number of thiazole rings is 1. The van der Waals surface area contributed by atoms with E-state index in [0.29, 0.717) is 6.04 Å². The molecule has 1 aromatic heterocycles. The highest BCUT2D eigenvalue weighted by Gasteiger charge is 2.21. The molecule has 1 saturated heterocycles. The van der Waals surface area contributed by atoms with E-state index in [1.807, 2.05) is 0 Å². The zero-order valence-electron chi connectivity index (χ0n) is 9.49. The molecule has 1 aliphatic heterocycles. The monoisotopic (exact) mass is 225 g/mol. The summed E-state index contributed by atoms with van der Waals surface area (Å²) in [5.41, 5.74) is 1.23. The zero-order valence-corrected chi connectivity index (χ0v) is 10.3. The second-order valence-electron chi connectivity index (χ2n) is 4.14. The molecule has 0 saturated carbocycles. The van der Waals surface area contributed by atoms with Crippen molar-refractivity contribution in [2.24, 2.45) is 0 Å². The van der Waals surface area contributed by atoms with Gasteiger partial charge in [0.1, 0.15) is 0 Å². The van der Waals surface area contributed by atoms with Crippen LogP contribution >= 0.6 is 11.3 Å². The molecule has 0 spiro atoms. The summed E-state index contributed by atoms with van der Waals surface area (Å²) in [4.78, 5) is 6.99. The molecule has 1 aromatic rings. The van der Waals surface area contributed by atoms with Gasteiger partial charge in [0.25, 0.3) is 0 Å². The van der Waals surface area contributed by atoms with E-state index in [1.165, 1.54) is 30.2 Å². The molecule has 4 heteroatoms. The van der Waals surface area contributed by atoms with Crippen LogP contribution in [0.4, 0.5) is 0 Å². The third-order valence-corrected chi connectivity index (χ3v) is 3.64. The minimum Gasteiger partial charge on any atom is -0.313 e. The number of aryl methyl sites for hydroxylation is 1. The summed E-state index contributed by atoms with van der Waals surface area (Å²) >= 11 is 1.75. The third-order valence-electron chi connectivity index (χ3n) is 2.82. The van der Waals surface area contributed by atoms with E-state index in [4.69, 9.17) is 0 Å². The first-order valence-electron chi connectivity index (χ1n) is 5.64. The first-order chi connectivity index (χ1) is 7.28. The summed E-state index contributed by atoms with van der Waals surface area (Å²) < 4.78 is 0. The molecule has 3 nitrogen and oxygen atoms in total. The number of likely N-dealkylation sites (tertiary alicyclic amines) is 1. The van der Waals surface area contributed by atoms with E-state index in [1.54, 1.807) is 11.3 Å². The van der Waals surface area contributed by atoms with Crippen LogP contribution in [0.2, 0.25) is 0 Å². The summed E-state index contributed by atoms with van der Waals surface area (Å²) in [6.45, 7) is 8.71. The Morgan fingerprint density at radius 2 is 2.53 bits per heavy atom. The number of likely N-dealkylation sites (N-methyl/N-ethyl adjacent to an activating group) is 1. The smallest absolute Gasteiger partial charge is 0.0897 e. The Labute approximate surface area is 95.5 Å². The lowest BCUT2D eigenvalue weighted by atomic mass is 10.3. The van der Waals surface area contributed by atoms with Crippen LogP contribution < -0.4 is 5.32 Å². The summed E-state index contributed by atoms with van der Waals surface area (Å²) in [6, 6.07) is 0.690. The third kappa shape index (κ3) is 3.00. The van der Waals surface area contributed by atoms with Crippen LogP contribution in [0.15, 0.2) is 5.38 Å². The van der Waals surface area contributed by atoms with Gasteiger partial charge in [-0.1, -0.05) is 6.92 Å². The van der Waals surface area contributed by atoms with Crippen LogP contribution in [0.1, 0.15) is 24.0 Å². The van der Waals surface area contributed by atoms with Gasteiger partial charge >= 0.3 is 0 Å². The molecular formula is C11H19N3S. The second kappa shape index (κ2) is 5.05. The first-order valence-corrected chi connectivity index (χ1v) is 6.52. The van der Waals surface area contributed by atoms with E-state index in [2.05, 4.69) is 34.4 Å². The maximum Gasteiger partial charge on any atom is 0.0897 e. The Kier molecular flexibility index (Phi) is 3.72. The summed E-state index contributed by atoms with van der Waals surface area (Å²) in [7, 11) is 0. The molecule has 0 bridgehead atoms. The van der Waals surface area contributed by atoms with Crippen LogP contribution in [0.3, 0.4) is 0 Å². The highest BCUT2D eigenvalue weighted by molar-refractivity contribution is 7.09. The van der Waals surface area contributed by atoms with Crippen molar-refractivity contribution in [2.45, 2.75) is 32.9 Å². The van der Waals surface area contributed by atoms with Crippen LogP contribution in [-0.4, -0.2) is 35.6 Å². The van der Waals surface area contributed by atoms with Crippen molar-refractivity contribution in [3.8, 4) is 0 Å². The number of hydrogen-bond donors (Lipinski definition) is 1. The zero-order chi connectivity index (χ0) is 10.7. The van der Waals surface area contributed by atoms with Crippen molar-refractivity contribution < 1.29 is 0 Å². The first kappa shape index (κ1) is 11.0.